The number of nitrogens with one attached hydrogen (secondary N) is 1. The molecule has 1 rings (SSSR count). The summed E-state index contributed by atoms with van der Waals surface area (Å²) in [5.74, 6) is -0.706. The van der Waals surface area contributed by atoms with Crippen molar-refractivity contribution in [3.63, 3.8) is 0 Å². The van der Waals surface area contributed by atoms with Crippen molar-refractivity contribution in [2.24, 2.45) is 0 Å². The summed E-state index contributed by atoms with van der Waals surface area (Å²) in [7, 11) is 0. The topological polar surface area (TPSA) is 84.9 Å². The number of halogens is 1. The molecule has 0 unspecified atom stereocenters. The smallest absolute Gasteiger partial charge is 0.407 e. The largest absolute Gasteiger partial charge is 0.490 e. The van der Waals surface area contributed by atoms with Crippen LogP contribution in [0.15, 0.2) is 18.2 Å². The van der Waals surface area contributed by atoms with Gasteiger partial charge in [0, 0.05) is 0 Å². The molecule has 6 nitrogen and oxygen atoms in total. The van der Waals surface area contributed by atoms with E-state index in [4.69, 9.17) is 26.2 Å². The molecule has 0 aromatic heterocycles. The van der Waals surface area contributed by atoms with Gasteiger partial charge in [-0.3, -0.25) is 0 Å². The zero-order chi connectivity index (χ0) is 16.0. The zero-order valence-corrected chi connectivity index (χ0v) is 12.9. The maximum atomic E-state index is 11.4. The van der Waals surface area contributed by atoms with Crippen LogP contribution in [0.3, 0.4) is 0 Å². The number of alkyl carbamates (subject to hydrolysis) is 1. The summed E-state index contributed by atoms with van der Waals surface area (Å²) < 4.78 is 10.4. The van der Waals surface area contributed by atoms with Crippen LogP contribution in [-0.4, -0.2) is 35.9 Å². The molecule has 1 aromatic rings. The maximum absolute atomic E-state index is 11.4. The Morgan fingerprint density at radius 1 is 1.33 bits per heavy atom. The van der Waals surface area contributed by atoms with Crippen LogP contribution in [0.2, 0.25) is 5.02 Å². The number of amides is 1. The van der Waals surface area contributed by atoms with Crippen molar-refractivity contribution in [2.45, 2.75) is 26.4 Å². The average Bonchev–Trinajstić information content (AvgIpc) is 2.33. The van der Waals surface area contributed by atoms with Crippen LogP contribution in [0.5, 0.6) is 5.75 Å². The zero-order valence-electron chi connectivity index (χ0n) is 12.1. The van der Waals surface area contributed by atoms with Crippen molar-refractivity contribution < 1.29 is 24.2 Å². The predicted molar refractivity (Wildman–Crippen MR) is 78.1 cm³/mol. The number of rotatable bonds is 5. The van der Waals surface area contributed by atoms with Crippen molar-refractivity contribution >= 4 is 23.7 Å². The van der Waals surface area contributed by atoms with Gasteiger partial charge in [0.2, 0.25) is 0 Å². The van der Waals surface area contributed by atoms with E-state index in [-0.39, 0.29) is 23.7 Å². The summed E-state index contributed by atoms with van der Waals surface area (Å²) in [6, 6.07) is 4.17. The van der Waals surface area contributed by atoms with Gasteiger partial charge in [0.05, 0.1) is 17.1 Å². The Bertz CT molecular complexity index is 525. The van der Waals surface area contributed by atoms with Crippen LogP contribution in [0.1, 0.15) is 31.1 Å². The van der Waals surface area contributed by atoms with Crippen LogP contribution < -0.4 is 10.1 Å². The molecule has 0 saturated heterocycles. The fraction of sp³-hybridized carbons (Fsp3) is 0.429. The molecule has 0 bridgehead atoms. The van der Waals surface area contributed by atoms with Gasteiger partial charge in [-0.25, -0.2) is 9.59 Å². The minimum Gasteiger partial charge on any atom is -0.490 e. The van der Waals surface area contributed by atoms with Crippen LogP contribution in [0.25, 0.3) is 0 Å². The molecular formula is C14H18ClNO5. The number of hydrogen-bond donors (Lipinski definition) is 2. The summed E-state index contributed by atoms with van der Waals surface area (Å²) >= 11 is 5.90. The minimum absolute atomic E-state index is 0.0826. The number of hydrogen-bond acceptors (Lipinski definition) is 4. The molecule has 1 aromatic carbocycles. The number of ether oxygens (including phenoxy) is 2. The standard InChI is InChI=1S/C14H18ClNO5/c1-14(2,3)21-13(19)16-6-7-20-11-5-4-9(12(17)18)8-10(11)15/h4-5,8H,6-7H2,1-3H3,(H,16,19)(H,17,18). The quantitative estimate of drug-likeness (QED) is 0.816. The van der Waals surface area contributed by atoms with Gasteiger partial charge in [0.15, 0.2) is 0 Å². The van der Waals surface area contributed by atoms with E-state index >= 15 is 0 Å². The van der Waals surface area contributed by atoms with E-state index in [0.29, 0.717) is 5.75 Å². The Hall–Kier alpha value is -1.95. The maximum Gasteiger partial charge on any atom is 0.407 e. The molecule has 21 heavy (non-hydrogen) atoms. The van der Waals surface area contributed by atoms with E-state index in [9.17, 15) is 9.59 Å². The van der Waals surface area contributed by atoms with E-state index < -0.39 is 17.7 Å². The molecule has 0 spiro atoms. The summed E-state index contributed by atoms with van der Waals surface area (Å²) in [5, 5.41) is 11.5. The molecule has 0 fully saturated rings. The van der Waals surface area contributed by atoms with Gasteiger partial charge >= 0.3 is 12.1 Å². The summed E-state index contributed by atoms with van der Waals surface area (Å²) in [6.45, 7) is 5.74. The lowest BCUT2D eigenvalue weighted by Crippen LogP contribution is -2.34. The van der Waals surface area contributed by atoms with Crippen molar-refractivity contribution in [3.8, 4) is 5.75 Å². The molecule has 0 aliphatic carbocycles. The van der Waals surface area contributed by atoms with E-state index in [2.05, 4.69) is 5.32 Å². The highest BCUT2D eigenvalue weighted by molar-refractivity contribution is 6.32. The van der Waals surface area contributed by atoms with Crippen molar-refractivity contribution in [1.29, 1.82) is 0 Å². The predicted octanol–water partition coefficient (Wildman–Crippen LogP) is 2.94. The first-order valence-corrected chi connectivity index (χ1v) is 6.69. The molecule has 7 heteroatoms. The highest BCUT2D eigenvalue weighted by Crippen LogP contribution is 2.25. The van der Waals surface area contributed by atoms with Gasteiger partial charge in [0.1, 0.15) is 18.0 Å². The lowest BCUT2D eigenvalue weighted by molar-refractivity contribution is 0.0519. The van der Waals surface area contributed by atoms with E-state index in [1.165, 1.54) is 18.2 Å². The fourth-order valence-electron chi connectivity index (χ4n) is 1.38. The first-order chi connectivity index (χ1) is 9.69. The number of aromatic carboxylic acids is 1. The van der Waals surface area contributed by atoms with Gasteiger partial charge in [-0.1, -0.05) is 11.6 Å². The number of carbonyl (C=O) groups excluding carboxylic acids is 1. The van der Waals surface area contributed by atoms with Gasteiger partial charge in [-0.05, 0) is 39.0 Å². The Balaban J connectivity index is 2.40. The second-order valence-electron chi connectivity index (χ2n) is 5.23. The Morgan fingerprint density at radius 2 is 2.00 bits per heavy atom. The van der Waals surface area contributed by atoms with Gasteiger partial charge in [-0.2, -0.15) is 0 Å². The molecule has 0 saturated carbocycles. The fourth-order valence-corrected chi connectivity index (χ4v) is 1.61. The van der Waals surface area contributed by atoms with Gasteiger partial charge < -0.3 is 19.9 Å². The van der Waals surface area contributed by atoms with Gasteiger partial charge in [-0.15, -0.1) is 0 Å². The van der Waals surface area contributed by atoms with Crippen LogP contribution >= 0.6 is 11.6 Å². The average molecular weight is 316 g/mol. The number of carbonyl (C=O) groups is 2. The van der Waals surface area contributed by atoms with Crippen molar-refractivity contribution in [1.82, 2.24) is 5.32 Å². The molecule has 116 valence electrons. The third-order valence-electron chi connectivity index (χ3n) is 2.21. The molecule has 1 amide bonds. The van der Waals surface area contributed by atoms with Crippen molar-refractivity contribution in [2.75, 3.05) is 13.2 Å². The first kappa shape index (κ1) is 17.1. The molecule has 0 atom stereocenters. The molecule has 2 N–H and O–H groups in total. The molecular weight excluding hydrogens is 298 g/mol. The third-order valence-corrected chi connectivity index (χ3v) is 2.50. The molecule has 0 aliphatic heterocycles. The Morgan fingerprint density at radius 3 is 2.52 bits per heavy atom. The number of carboxylic acid groups (broad SMARTS) is 1. The number of benzene rings is 1. The van der Waals surface area contributed by atoms with Crippen molar-refractivity contribution in [3.05, 3.63) is 28.8 Å². The van der Waals surface area contributed by atoms with Crippen LogP contribution in [0.4, 0.5) is 4.79 Å². The highest BCUT2D eigenvalue weighted by atomic mass is 35.5. The second-order valence-corrected chi connectivity index (χ2v) is 5.63. The summed E-state index contributed by atoms with van der Waals surface area (Å²) in [6.07, 6.45) is -0.529. The minimum atomic E-state index is -1.06. The van der Waals surface area contributed by atoms with Crippen LogP contribution in [-0.2, 0) is 4.74 Å². The van der Waals surface area contributed by atoms with Crippen LogP contribution in [0, 0.1) is 0 Å². The Kier molecular flexibility index (Phi) is 5.84. The first-order valence-electron chi connectivity index (χ1n) is 6.31. The normalized spacial score (nSPS) is 10.9. The van der Waals surface area contributed by atoms with E-state index in [1.807, 2.05) is 0 Å². The summed E-state index contributed by atoms with van der Waals surface area (Å²) in [5.41, 5.74) is -0.472. The van der Waals surface area contributed by atoms with Gasteiger partial charge in [0.25, 0.3) is 0 Å². The molecule has 0 aliphatic rings. The monoisotopic (exact) mass is 315 g/mol. The van der Waals surface area contributed by atoms with E-state index in [0.717, 1.165) is 0 Å². The summed E-state index contributed by atoms with van der Waals surface area (Å²) in [4.78, 5) is 22.1. The lowest BCUT2D eigenvalue weighted by Gasteiger charge is -2.19. The highest BCUT2D eigenvalue weighted by Gasteiger charge is 2.15. The Labute approximate surface area is 128 Å². The van der Waals surface area contributed by atoms with E-state index in [1.54, 1.807) is 20.8 Å². The lowest BCUT2D eigenvalue weighted by atomic mass is 10.2. The third kappa shape index (κ3) is 6.35. The molecule has 0 radical (unpaired) electrons. The molecule has 0 heterocycles. The second kappa shape index (κ2) is 7.17. The number of carboxylic acids is 1. The SMILES string of the molecule is CC(C)(C)OC(=O)NCCOc1ccc(C(=O)O)cc1Cl.